The number of aromatic amines is 1. The van der Waals surface area contributed by atoms with Crippen molar-refractivity contribution in [3.8, 4) is 0 Å². The highest BCUT2D eigenvalue weighted by Gasteiger charge is 2.32. The summed E-state index contributed by atoms with van der Waals surface area (Å²) in [5, 5.41) is 0.536. The number of rotatable bonds is 3. The van der Waals surface area contributed by atoms with Gasteiger partial charge in [-0.05, 0) is 36.6 Å². The van der Waals surface area contributed by atoms with Crippen LogP contribution in [0.2, 0.25) is 0 Å². The molecular weight excluding hydrogens is 352 g/mol. The van der Waals surface area contributed by atoms with Gasteiger partial charge in [-0.2, -0.15) is 0 Å². The molecule has 0 fully saturated rings. The number of methoxy groups -OCH3 is 1. The molecule has 1 aliphatic rings. The molecule has 0 spiro atoms. The van der Waals surface area contributed by atoms with E-state index in [1.807, 2.05) is 0 Å². The average molecular weight is 369 g/mol. The van der Waals surface area contributed by atoms with E-state index in [0.717, 1.165) is 6.07 Å². The second kappa shape index (κ2) is 6.61. The molecule has 0 bridgehead atoms. The van der Waals surface area contributed by atoms with Gasteiger partial charge >= 0.3 is 5.97 Å². The monoisotopic (exact) mass is 369 g/mol. The molecule has 1 atom stereocenters. The Morgan fingerprint density at radius 1 is 1.22 bits per heavy atom. The zero-order chi connectivity index (χ0) is 19.1. The van der Waals surface area contributed by atoms with Crippen LogP contribution in [0.25, 0.3) is 10.9 Å². The smallest absolute Gasteiger partial charge is 0.338 e. The van der Waals surface area contributed by atoms with Crippen molar-refractivity contribution in [3.05, 3.63) is 70.4 Å². The summed E-state index contributed by atoms with van der Waals surface area (Å²) >= 11 is 0. The highest BCUT2D eigenvalue weighted by molar-refractivity contribution is 6.16. The molecule has 0 amide bonds. The maximum Gasteiger partial charge on any atom is 0.338 e. The quantitative estimate of drug-likeness (QED) is 0.690. The standard InChI is InChI=1S/C21H17F2NO3/c1-27-21(26)13-5-3-7-15-17(13)18-16(25)9-8-12(20(18)24-15)10-11-4-2-6-14(22)19(11)23/h2-7,12,24H,8-10H2,1H3. The minimum absolute atomic E-state index is 0.0661. The number of Topliss-reactive ketones (excluding diaryl/α,β-unsaturated/α-hetero) is 1. The van der Waals surface area contributed by atoms with Crippen molar-refractivity contribution in [2.24, 2.45) is 0 Å². The molecule has 1 aliphatic carbocycles. The van der Waals surface area contributed by atoms with Crippen LogP contribution in [-0.2, 0) is 11.2 Å². The minimum atomic E-state index is -0.885. The molecule has 0 aliphatic heterocycles. The number of aromatic nitrogens is 1. The van der Waals surface area contributed by atoms with Gasteiger partial charge in [-0.15, -0.1) is 0 Å². The fourth-order valence-electron chi connectivity index (χ4n) is 3.89. The number of benzene rings is 2. The molecule has 4 rings (SSSR count). The van der Waals surface area contributed by atoms with Gasteiger partial charge in [0.05, 0.1) is 12.7 Å². The van der Waals surface area contributed by atoms with Crippen molar-refractivity contribution in [1.82, 2.24) is 4.98 Å². The molecule has 3 aromatic rings. The van der Waals surface area contributed by atoms with Gasteiger partial charge in [-0.1, -0.05) is 18.2 Å². The van der Waals surface area contributed by atoms with Gasteiger partial charge in [0.1, 0.15) is 0 Å². The summed E-state index contributed by atoms with van der Waals surface area (Å²) in [4.78, 5) is 28.0. The van der Waals surface area contributed by atoms with E-state index in [0.29, 0.717) is 34.1 Å². The van der Waals surface area contributed by atoms with E-state index in [9.17, 15) is 18.4 Å². The lowest BCUT2D eigenvalue weighted by molar-refractivity contribution is 0.0603. The molecule has 2 aromatic carbocycles. The minimum Gasteiger partial charge on any atom is -0.465 e. The van der Waals surface area contributed by atoms with E-state index >= 15 is 0 Å². The Balaban J connectivity index is 1.85. The molecular formula is C21H17F2NO3. The van der Waals surface area contributed by atoms with Gasteiger partial charge in [0.2, 0.25) is 0 Å². The van der Waals surface area contributed by atoms with Crippen LogP contribution in [-0.4, -0.2) is 23.8 Å². The zero-order valence-electron chi connectivity index (χ0n) is 14.6. The van der Waals surface area contributed by atoms with Crippen molar-refractivity contribution in [3.63, 3.8) is 0 Å². The number of esters is 1. The van der Waals surface area contributed by atoms with E-state index in [4.69, 9.17) is 4.74 Å². The number of H-pyrrole nitrogens is 1. The van der Waals surface area contributed by atoms with Gasteiger partial charge in [-0.25, -0.2) is 13.6 Å². The lowest BCUT2D eigenvalue weighted by Gasteiger charge is -2.22. The third-order valence-corrected chi connectivity index (χ3v) is 5.16. The topological polar surface area (TPSA) is 59.2 Å². The third-order valence-electron chi connectivity index (χ3n) is 5.16. The molecule has 1 N–H and O–H groups in total. The first kappa shape index (κ1) is 17.4. The van der Waals surface area contributed by atoms with E-state index in [1.54, 1.807) is 24.3 Å². The Morgan fingerprint density at radius 3 is 2.78 bits per heavy atom. The van der Waals surface area contributed by atoms with Crippen LogP contribution >= 0.6 is 0 Å². The Morgan fingerprint density at radius 2 is 2.00 bits per heavy atom. The average Bonchev–Trinajstić information content (AvgIpc) is 3.07. The number of fused-ring (bicyclic) bond motifs is 3. The lowest BCUT2D eigenvalue weighted by Crippen LogP contribution is -2.18. The number of hydrogen-bond donors (Lipinski definition) is 1. The fraction of sp³-hybridized carbons (Fsp3) is 0.238. The molecule has 1 heterocycles. The van der Waals surface area contributed by atoms with Gasteiger partial charge in [0.15, 0.2) is 17.4 Å². The van der Waals surface area contributed by atoms with Crippen molar-refractivity contribution < 1.29 is 23.1 Å². The number of carbonyl (C=O) groups is 2. The highest BCUT2D eigenvalue weighted by atomic mass is 19.2. The zero-order valence-corrected chi connectivity index (χ0v) is 14.6. The van der Waals surface area contributed by atoms with E-state index in [-0.39, 0.29) is 30.1 Å². The summed E-state index contributed by atoms with van der Waals surface area (Å²) in [5.74, 6) is -2.50. The van der Waals surface area contributed by atoms with Crippen LogP contribution in [0.5, 0.6) is 0 Å². The summed E-state index contributed by atoms with van der Waals surface area (Å²) in [6.45, 7) is 0. The fourth-order valence-corrected chi connectivity index (χ4v) is 3.89. The number of nitrogens with one attached hydrogen (secondary N) is 1. The summed E-state index contributed by atoms with van der Waals surface area (Å²) < 4.78 is 32.5. The Bertz CT molecular complexity index is 1070. The first-order valence-corrected chi connectivity index (χ1v) is 8.70. The highest BCUT2D eigenvalue weighted by Crippen LogP contribution is 2.39. The summed E-state index contributed by atoms with van der Waals surface area (Å²) in [5.41, 5.74) is 2.37. The van der Waals surface area contributed by atoms with Crippen molar-refractivity contribution in [2.45, 2.75) is 25.2 Å². The summed E-state index contributed by atoms with van der Waals surface area (Å²) in [6, 6.07) is 9.22. The van der Waals surface area contributed by atoms with E-state index in [2.05, 4.69) is 4.98 Å². The largest absolute Gasteiger partial charge is 0.465 e. The lowest BCUT2D eigenvalue weighted by atomic mass is 9.82. The third kappa shape index (κ3) is 2.81. The summed E-state index contributed by atoms with van der Waals surface area (Å²) in [6.07, 6.45) is 1.09. The van der Waals surface area contributed by atoms with Crippen molar-refractivity contribution >= 4 is 22.7 Å². The van der Waals surface area contributed by atoms with Crippen LogP contribution in [0.15, 0.2) is 36.4 Å². The number of hydrogen-bond acceptors (Lipinski definition) is 3. The maximum absolute atomic E-state index is 14.1. The van der Waals surface area contributed by atoms with Gasteiger partial charge in [-0.3, -0.25) is 4.79 Å². The predicted molar refractivity (Wildman–Crippen MR) is 96.0 cm³/mol. The van der Waals surface area contributed by atoms with E-state index in [1.165, 1.54) is 13.2 Å². The molecule has 1 unspecified atom stereocenters. The van der Waals surface area contributed by atoms with Crippen LogP contribution in [0.3, 0.4) is 0 Å². The first-order chi connectivity index (χ1) is 13.0. The molecule has 27 heavy (non-hydrogen) atoms. The first-order valence-electron chi connectivity index (χ1n) is 8.70. The van der Waals surface area contributed by atoms with Crippen LogP contribution in [0.1, 0.15) is 50.7 Å². The second-order valence-corrected chi connectivity index (χ2v) is 6.71. The number of halogens is 2. The van der Waals surface area contributed by atoms with Gasteiger partial charge in [0, 0.05) is 34.5 Å². The maximum atomic E-state index is 14.1. The molecule has 138 valence electrons. The normalized spacial score (nSPS) is 16.4. The Hall–Kier alpha value is -3.02. The summed E-state index contributed by atoms with van der Waals surface area (Å²) in [7, 11) is 1.29. The number of carbonyl (C=O) groups excluding carboxylic acids is 2. The molecule has 0 saturated heterocycles. The van der Waals surface area contributed by atoms with Crippen LogP contribution in [0.4, 0.5) is 8.78 Å². The number of ether oxygens (including phenoxy) is 1. The Kier molecular flexibility index (Phi) is 4.26. The van der Waals surface area contributed by atoms with E-state index < -0.39 is 17.6 Å². The predicted octanol–water partition coefficient (Wildman–Crippen LogP) is 4.54. The van der Waals surface area contributed by atoms with Gasteiger partial charge in [0.25, 0.3) is 0 Å². The molecule has 1 aromatic heterocycles. The SMILES string of the molecule is COC(=O)c1cccc2[nH]c3c(c12)C(=O)CCC3Cc1cccc(F)c1F. The van der Waals surface area contributed by atoms with Crippen molar-refractivity contribution in [1.29, 1.82) is 0 Å². The van der Waals surface area contributed by atoms with Crippen LogP contribution in [0, 0.1) is 11.6 Å². The molecule has 6 heteroatoms. The molecule has 0 saturated carbocycles. The molecule has 4 nitrogen and oxygen atoms in total. The van der Waals surface area contributed by atoms with Gasteiger partial charge < -0.3 is 9.72 Å². The second-order valence-electron chi connectivity index (χ2n) is 6.71. The van der Waals surface area contributed by atoms with Crippen molar-refractivity contribution in [2.75, 3.05) is 7.11 Å². The van der Waals surface area contributed by atoms with Crippen LogP contribution < -0.4 is 0 Å². The Labute approximate surface area is 154 Å². The molecule has 0 radical (unpaired) electrons. The number of ketones is 1.